The number of amides is 1. The number of hydrogen-bond donors (Lipinski definition) is 2. The van der Waals surface area contributed by atoms with Gasteiger partial charge in [0.05, 0.1) is 51.4 Å². The van der Waals surface area contributed by atoms with Gasteiger partial charge in [-0.3, -0.25) is 28.2 Å². The Morgan fingerprint density at radius 1 is 1.03 bits per heavy atom. The van der Waals surface area contributed by atoms with Crippen molar-refractivity contribution < 1.29 is 57.8 Å². The van der Waals surface area contributed by atoms with Crippen LogP contribution in [0.5, 0.6) is 5.75 Å². The number of fused-ring (bicyclic) bond motifs is 5. The van der Waals surface area contributed by atoms with Gasteiger partial charge >= 0.3 is 6.61 Å². The van der Waals surface area contributed by atoms with Crippen LogP contribution in [0.15, 0.2) is 53.3 Å². The lowest BCUT2D eigenvalue weighted by Gasteiger charge is -2.24. The molecule has 6 aromatic rings. The van der Waals surface area contributed by atoms with Gasteiger partial charge in [0, 0.05) is 37.1 Å². The van der Waals surface area contributed by atoms with Gasteiger partial charge in [0.15, 0.2) is 5.82 Å². The van der Waals surface area contributed by atoms with Crippen molar-refractivity contribution >= 4 is 55.2 Å². The quantitative estimate of drug-likeness (QED) is 0.0850. The van der Waals surface area contributed by atoms with E-state index in [2.05, 4.69) is 25.0 Å². The molecule has 3 aromatic heterocycles. The number of sulfonamides is 1. The van der Waals surface area contributed by atoms with Crippen LogP contribution < -0.4 is 20.3 Å². The highest BCUT2D eigenvalue weighted by molar-refractivity contribution is 7.92. The van der Waals surface area contributed by atoms with E-state index in [1.165, 1.54) is 42.1 Å². The third kappa shape index (κ3) is 8.03. The van der Waals surface area contributed by atoms with Crippen LogP contribution in [0.4, 0.5) is 40.9 Å². The predicted octanol–water partition coefficient (Wildman–Crippen LogP) is 6.64. The molecule has 8 rings (SSSR count). The van der Waals surface area contributed by atoms with Gasteiger partial charge in [-0.25, -0.2) is 31.0 Å². The van der Waals surface area contributed by atoms with E-state index in [1.807, 2.05) is 0 Å². The third-order valence-corrected chi connectivity index (χ3v) is 11.3. The average Bonchev–Trinajstić information content (AvgIpc) is 3.71. The van der Waals surface area contributed by atoms with E-state index >= 15 is 8.78 Å². The maximum Gasteiger partial charge on any atom is 0.345 e. The van der Waals surface area contributed by atoms with Gasteiger partial charge in [-0.15, -0.1) is 0 Å². The molecule has 3 atom stereocenters. The third-order valence-electron chi connectivity index (χ3n) is 10.4. The van der Waals surface area contributed by atoms with Gasteiger partial charge in [0.1, 0.15) is 47.7 Å². The molecule has 14 nitrogen and oxygen atoms in total. The van der Waals surface area contributed by atoms with Gasteiger partial charge < -0.3 is 14.8 Å². The standard InChI is InChI=1S/C38H31ClF8N8O6S/c1-53-31-26(6-5-23(39)29(31)34(51-53)52-62(2,58)59)55-35(49-24-13-19(3-4-20(24)36(55)57)60-7-8-61-37(44)45)25(11-16-9-17(40)12-18(41)10-16)48-27(56)15-54-32-28(30(50-54)33(42)43)21-14-22(21)38(32,46)47/h3-6,9-10,12-13,21-22,25,33,37H,7-8,11,14-15H2,1-2H3,(H,48,56)(H,51,52)/t21-,22+,25-/m0/s1. The highest BCUT2D eigenvalue weighted by atomic mass is 35.5. The first kappa shape index (κ1) is 42.9. The van der Waals surface area contributed by atoms with Crippen LogP contribution in [0.2, 0.25) is 5.02 Å². The monoisotopic (exact) mass is 914 g/mol. The van der Waals surface area contributed by atoms with Gasteiger partial charge in [-0.05, 0) is 54.3 Å². The minimum atomic E-state index is -3.95. The number of nitrogens with one attached hydrogen (secondary N) is 2. The Labute approximate surface area is 349 Å². The Balaban J connectivity index is 1.31. The summed E-state index contributed by atoms with van der Waals surface area (Å²) in [5, 5.41) is 10.4. The molecule has 2 aliphatic carbocycles. The maximum absolute atomic E-state index is 15.5. The second kappa shape index (κ2) is 15.8. The summed E-state index contributed by atoms with van der Waals surface area (Å²) in [7, 11) is -2.54. The molecule has 24 heteroatoms. The van der Waals surface area contributed by atoms with Crippen molar-refractivity contribution in [3.8, 4) is 11.4 Å². The Morgan fingerprint density at radius 2 is 1.76 bits per heavy atom. The number of hydrogen-bond acceptors (Lipinski definition) is 9. The number of ether oxygens (including phenoxy) is 2. The lowest BCUT2D eigenvalue weighted by atomic mass is 10.0. The normalized spacial score (nSPS) is 17.2. The zero-order valence-corrected chi connectivity index (χ0v) is 33.6. The molecule has 0 saturated heterocycles. The molecule has 1 fully saturated rings. The molecule has 2 N–H and O–H groups in total. The van der Waals surface area contributed by atoms with E-state index < -0.39 is 101 Å². The van der Waals surface area contributed by atoms with Crippen LogP contribution >= 0.6 is 11.6 Å². The summed E-state index contributed by atoms with van der Waals surface area (Å²) in [6.45, 7) is -4.99. The summed E-state index contributed by atoms with van der Waals surface area (Å²) in [4.78, 5) is 33.6. The Bertz CT molecular complexity index is 2940. The van der Waals surface area contributed by atoms with E-state index in [9.17, 15) is 44.3 Å². The number of carbonyl (C=O) groups excluding carboxylic acids is 1. The number of aromatic nitrogens is 6. The molecule has 2 aliphatic rings. The van der Waals surface area contributed by atoms with E-state index in [1.54, 1.807) is 0 Å². The van der Waals surface area contributed by atoms with Crippen molar-refractivity contribution in [3.63, 3.8) is 0 Å². The molecular formula is C38H31ClF8N8O6S. The second-order valence-corrected chi connectivity index (χ2v) is 16.8. The molecular weight excluding hydrogens is 884 g/mol. The summed E-state index contributed by atoms with van der Waals surface area (Å²) in [6, 6.07) is 7.36. The lowest BCUT2D eigenvalue weighted by molar-refractivity contribution is -0.133. The zero-order valence-electron chi connectivity index (χ0n) is 32.0. The minimum absolute atomic E-state index is 0.0129. The summed E-state index contributed by atoms with van der Waals surface area (Å²) in [5.41, 5.74) is -3.13. The molecule has 62 heavy (non-hydrogen) atoms. The van der Waals surface area contributed by atoms with Crippen molar-refractivity contribution in [1.29, 1.82) is 0 Å². The van der Waals surface area contributed by atoms with E-state index in [0.29, 0.717) is 10.7 Å². The highest BCUT2D eigenvalue weighted by Crippen LogP contribution is 2.68. The molecule has 0 spiro atoms. The Morgan fingerprint density at radius 3 is 2.44 bits per heavy atom. The lowest BCUT2D eigenvalue weighted by Crippen LogP contribution is -2.38. The molecule has 1 amide bonds. The summed E-state index contributed by atoms with van der Waals surface area (Å²) >= 11 is 6.57. The van der Waals surface area contributed by atoms with Crippen LogP contribution in [0.3, 0.4) is 0 Å². The number of carbonyl (C=O) groups is 1. The number of nitrogens with zero attached hydrogens (tertiary/aromatic N) is 6. The number of alkyl halides is 6. The zero-order chi connectivity index (χ0) is 44.6. The topological polar surface area (TPSA) is 164 Å². The number of benzene rings is 3. The predicted molar refractivity (Wildman–Crippen MR) is 205 cm³/mol. The smallest absolute Gasteiger partial charge is 0.345 e. The first-order valence-electron chi connectivity index (χ1n) is 18.5. The minimum Gasteiger partial charge on any atom is -0.491 e. The van der Waals surface area contributed by atoms with Crippen LogP contribution in [0.25, 0.3) is 27.5 Å². The summed E-state index contributed by atoms with van der Waals surface area (Å²) in [5.74, 6) is -9.44. The van der Waals surface area contributed by atoms with E-state index in [4.69, 9.17) is 21.3 Å². The number of anilines is 1. The molecule has 3 heterocycles. The fraction of sp³-hybridized carbons (Fsp3) is 0.342. The Hall–Kier alpha value is -5.81. The van der Waals surface area contributed by atoms with Crippen molar-refractivity contribution in [1.82, 2.24) is 34.4 Å². The van der Waals surface area contributed by atoms with Crippen molar-refractivity contribution in [2.75, 3.05) is 24.2 Å². The van der Waals surface area contributed by atoms with Gasteiger partial charge in [0.25, 0.3) is 17.9 Å². The fourth-order valence-electron chi connectivity index (χ4n) is 7.95. The molecule has 3 aromatic carbocycles. The molecule has 328 valence electrons. The van der Waals surface area contributed by atoms with Gasteiger partial charge in [-0.1, -0.05) is 11.6 Å². The second-order valence-electron chi connectivity index (χ2n) is 14.7. The van der Waals surface area contributed by atoms with Crippen molar-refractivity contribution in [2.24, 2.45) is 13.0 Å². The first-order valence-corrected chi connectivity index (χ1v) is 20.7. The molecule has 0 aliphatic heterocycles. The number of aryl methyl sites for hydroxylation is 1. The van der Waals surface area contributed by atoms with Crippen LogP contribution in [-0.2, 0) is 45.5 Å². The maximum atomic E-state index is 15.5. The van der Waals surface area contributed by atoms with E-state index in [0.717, 1.165) is 23.0 Å². The average molecular weight is 915 g/mol. The van der Waals surface area contributed by atoms with Gasteiger partial charge in [-0.2, -0.15) is 27.8 Å². The van der Waals surface area contributed by atoms with Gasteiger partial charge in [0.2, 0.25) is 15.9 Å². The highest BCUT2D eigenvalue weighted by Gasteiger charge is 2.67. The Kier molecular flexibility index (Phi) is 10.9. The fourth-order valence-corrected chi connectivity index (χ4v) is 8.68. The van der Waals surface area contributed by atoms with Crippen LogP contribution in [0.1, 0.15) is 53.1 Å². The number of rotatable bonds is 15. The molecule has 1 saturated carbocycles. The van der Waals surface area contributed by atoms with Crippen molar-refractivity contribution in [2.45, 2.75) is 50.3 Å². The SMILES string of the molecule is Cn1nc(NS(C)(=O)=O)c2c(Cl)ccc(-n3c([C@H](Cc4cc(F)cc(F)c4)NC(=O)Cn4nc(C(F)F)c5c4C(F)(F)[C@@H]4C[C@H]54)nc4cc(OCCOC(F)F)ccc4c3=O)c21. The largest absolute Gasteiger partial charge is 0.491 e. The number of halogens is 9. The summed E-state index contributed by atoms with van der Waals surface area (Å²) in [6.07, 6.45) is -2.95. The van der Waals surface area contributed by atoms with Crippen LogP contribution in [0, 0.1) is 17.6 Å². The molecule has 0 radical (unpaired) electrons. The molecule has 0 unspecified atom stereocenters. The first-order chi connectivity index (χ1) is 29.2. The summed E-state index contributed by atoms with van der Waals surface area (Å²) < 4.78 is 153. The van der Waals surface area contributed by atoms with Crippen LogP contribution in [-0.4, -0.2) is 69.5 Å². The van der Waals surface area contributed by atoms with Crippen molar-refractivity contribution in [3.05, 3.63) is 104 Å². The molecule has 0 bridgehead atoms. The van der Waals surface area contributed by atoms with E-state index in [-0.39, 0.29) is 74.1 Å².